The number of carbonyl (C=O) groups is 2. The number of likely N-dealkylation sites (tertiary alicyclic amines) is 1. The maximum atomic E-state index is 13.9. The number of aliphatic hydroxyl groups is 1. The van der Waals surface area contributed by atoms with Crippen LogP contribution in [0.4, 0.5) is 35.9 Å². The van der Waals surface area contributed by atoms with Crippen LogP contribution < -0.4 is 5.32 Å². The van der Waals surface area contributed by atoms with E-state index in [1.165, 1.54) is 11.8 Å². The molecule has 2 amide bonds. The summed E-state index contributed by atoms with van der Waals surface area (Å²) in [5.74, 6) is 0. The number of benzene rings is 3. The molecule has 1 aliphatic heterocycles. The third-order valence-electron chi connectivity index (χ3n) is 8.00. The van der Waals surface area contributed by atoms with E-state index in [0.29, 0.717) is 23.3 Å². The zero-order valence-corrected chi connectivity index (χ0v) is 27.3. The highest BCUT2D eigenvalue weighted by Crippen LogP contribution is 2.42. The van der Waals surface area contributed by atoms with Crippen molar-refractivity contribution in [2.75, 3.05) is 13.2 Å². The molecule has 0 aliphatic carbocycles. The summed E-state index contributed by atoms with van der Waals surface area (Å²) in [6.07, 6.45) is -14.8. The van der Waals surface area contributed by atoms with Gasteiger partial charge in [0.2, 0.25) is 0 Å². The summed E-state index contributed by atoms with van der Waals surface area (Å²) in [5.41, 5.74) is -4.72. The van der Waals surface area contributed by atoms with Crippen molar-refractivity contribution < 1.29 is 55.2 Å². The number of alkyl halides is 6. The van der Waals surface area contributed by atoms with Gasteiger partial charge in [0.15, 0.2) is 0 Å². The van der Waals surface area contributed by atoms with Gasteiger partial charge in [0, 0.05) is 13.0 Å². The van der Waals surface area contributed by atoms with Gasteiger partial charge in [0.05, 0.1) is 41.5 Å². The van der Waals surface area contributed by atoms with Gasteiger partial charge in [-0.1, -0.05) is 60.7 Å². The Morgan fingerprint density at radius 3 is 2.00 bits per heavy atom. The number of carbonyl (C=O) groups excluding carboxylic acids is 2. The van der Waals surface area contributed by atoms with Crippen molar-refractivity contribution in [1.82, 2.24) is 10.2 Å². The maximum absolute atomic E-state index is 13.9. The van der Waals surface area contributed by atoms with Gasteiger partial charge in [-0.05, 0) is 62.6 Å². The zero-order valence-electron chi connectivity index (χ0n) is 27.3. The first-order chi connectivity index (χ1) is 22.8. The van der Waals surface area contributed by atoms with Crippen molar-refractivity contribution in [1.29, 1.82) is 0 Å². The summed E-state index contributed by atoms with van der Waals surface area (Å²) in [5, 5.41) is 14.0. The first-order valence-corrected chi connectivity index (χ1v) is 15.4. The fourth-order valence-electron chi connectivity index (χ4n) is 5.55. The molecule has 1 saturated heterocycles. The Bertz CT molecular complexity index is 1550. The number of rotatable bonds is 8. The molecule has 0 saturated carbocycles. The van der Waals surface area contributed by atoms with Crippen molar-refractivity contribution in [2.45, 2.75) is 82.5 Å². The predicted octanol–water partition coefficient (Wildman–Crippen LogP) is 7.99. The smallest absolute Gasteiger partial charge is 0.416 e. The first kappa shape index (κ1) is 37.5. The van der Waals surface area contributed by atoms with Gasteiger partial charge in [-0.3, -0.25) is 4.90 Å². The van der Waals surface area contributed by atoms with Crippen LogP contribution in [0.25, 0.3) is 0 Å². The Hall–Kier alpha value is -4.30. The highest BCUT2D eigenvalue weighted by molar-refractivity contribution is 5.71. The molecule has 3 aromatic rings. The van der Waals surface area contributed by atoms with E-state index in [9.17, 15) is 41.0 Å². The van der Waals surface area contributed by atoms with Gasteiger partial charge in [0.25, 0.3) is 0 Å². The van der Waals surface area contributed by atoms with Crippen LogP contribution in [0.15, 0.2) is 78.9 Å². The number of piperidine rings is 1. The van der Waals surface area contributed by atoms with E-state index in [0.717, 1.165) is 0 Å². The van der Waals surface area contributed by atoms with Crippen molar-refractivity contribution >= 4 is 12.2 Å². The van der Waals surface area contributed by atoms with Crippen LogP contribution in [-0.4, -0.2) is 53.1 Å². The van der Waals surface area contributed by atoms with Crippen LogP contribution in [0.1, 0.15) is 68.0 Å². The van der Waals surface area contributed by atoms with Crippen LogP contribution in [0.3, 0.4) is 0 Å². The van der Waals surface area contributed by atoms with E-state index in [-0.39, 0.29) is 25.6 Å². The molecule has 4 atom stereocenters. The number of nitrogens with one attached hydrogen (secondary N) is 1. The molecule has 1 aliphatic rings. The average Bonchev–Trinajstić information content (AvgIpc) is 3.02. The molecule has 8 nitrogen and oxygen atoms in total. The molecule has 266 valence electrons. The summed E-state index contributed by atoms with van der Waals surface area (Å²) in [6, 6.07) is 17.2. The molecule has 14 heteroatoms. The molecule has 3 aromatic carbocycles. The summed E-state index contributed by atoms with van der Waals surface area (Å²) in [6.45, 7) is 5.30. The molecule has 49 heavy (non-hydrogen) atoms. The average molecular weight is 697 g/mol. The number of amides is 2. The fourth-order valence-corrected chi connectivity index (χ4v) is 5.55. The van der Waals surface area contributed by atoms with Crippen LogP contribution >= 0.6 is 0 Å². The standard InChI is InChI=1S/C35H38F6N2O6/c1-22(24-15-26(34(36,37)38)17-27(16-24)35(39,40)41)48-21-33(25-13-9-6-10-14-25)18-29(44)28(42-30(45)49-32(2,3)4)19-43(33)31(46)47-20-23-11-7-5-8-12-23/h5-17,22,28-29,44H,18-21H2,1-4H3,(H,42,45)/t22-,28-,29-,33-/m1/s1. The van der Waals surface area contributed by atoms with Gasteiger partial charge in [-0.2, -0.15) is 26.3 Å². The Balaban J connectivity index is 1.72. The lowest BCUT2D eigenvalue weighted by Gasteiger charge is -2.51. The highest BCUT2D eigenvalue weighted by Gasteiger charge is 2.51. The molecule has 4 rings (SSSR count). The molecule has 2 N–H and O–H groups in total. The number of alkyl carbamates (subject to hydrolysis) is 1. The number of hydrogen-bond donors (Lipinski definition) is 2. The number of nitrogens with zero attached hydrogens (tertiary/aromatic N) is 1. The molecule has 0 spiro atoms. The maximum Gasteiger partial charge on any atom is 0.416 e. The van der Waals surface area contributed by atoms with E-state index >= 15 is 0 Å². The topological polar surface area (TPSA) is 97.3 Å². The monoisotopic (exact) mass is 696 g/mol. The molecule has 0 bridgehead atoms. The SMILES string of the molecule is C[C@@H](OC[C@@]1(c2ccccc2)C[C@@H](O)[C@H](NC(=O)OC(C)(C)C)CN1C(=O)OCc1ccccc1)c1cc(C(F)(F)F)cc(C(F)(F)F)c1. The second-order valence-electron chi connectivity index (χ2n) is 12.9. The van der Waals surface area contributed by atoms with Gasteiger partial charge in [0.1, 0.15) is 12.2 Å². The van der Waals surface area contributed by atoms with Crippen molar-refractivity contribution in [2.24, 2.45) is 0 Å². The minimum absolute atomic E-state index is 0.0292. The fraction of sp³-hybridized carbons (Fsp3) is 0.429. The van der Waals surface area contributed by atoms with E-state index in [2.05, 4.69) is 5.32 Å². The second kappa shape index (κ2) is 14.7. The van der Waals surface area contributed by atoms with E-state index < -0.39 is 77.2 Å². The van der Waals surface area contributed by atoms with Gasteiger partial charge in [-0.25, -0.2) is 9.59 Å². The Kier molecular flexibility index (Phi) is 11.2. The minimum atomic E-state index is -5.07. The summed E-state index contributed by atoms with van der Waals surface area (Å²) >= 11 is 0. The van der Waals surface area contributed by atoms with Gasteiger partial charge in [-0.15, -0.1) is 0 Å². The number of hydrogen-bond acceptors (Lipinski definition) is 6. The summed E-state index contributed by atoms with van der Waals surface area (Å²) < 4.78 is 98.8. The number of halogens is 6. The molecule has 0 unspecified atom stereocenters. The molecular formula is C35H38F6N2O6. The largest absolute Gasteiger partial charge is 0.445 e. The Morgan fingerprint density at radius 2 is 1.47 bits per heavy atom. The van der Waals surface area contributed by atoms with Crippen LogP contribution in [0.5, 0.6) is 0 Å². The van der Waals surface area contributed by atoms with Gasteiger partial charge >= 0.3 is 24.5 Å². The van der Waals surface area contributed by atoms with Gasteiger partial charge < -0.3 is 24.6 Å². The third kappa shape index (κ3) is 9.66. The van der Waals surface area contributed by atoms with Crippen LogP contribution in [0, 0.1) is 0 Å². The molecule has 0 aromatic heterocycles. The van der Waals surface area contributed by atoms with Crippen molar-refractivity contribution in [3.8, 4) is 0 Å². The summed E-state index contributed by atoms with van der Waals surface area (Å²) in [4.78, 5) is 27.9. The quantitative estimate of drug-likeness (QED) is 0.232. The van der Waals surface area contributed by atoms with E-state index in [4.69, 9.17) is 14.2 Å². The van der Waals surface area contributed by atoms with E-state index in [1.807, 2.05) is 0 Å². The molecular weight excluding hydrogens is 658 g/mol. The minimum Gasteiger partial charge on any atom is -0.445 e. The molecule has 1 heterocycles. The normalized spacial score (nSPS) is 20.8. The lowest BCUT2D eigenvalue weighted by atomic mass is 9.78. The van der Waals surface area contributed by atoms with Crippen molar-refractivity contribution in [3.63, 3.8) is 0 Å². The second-order valence-corrected chi connectivity index (χ2v) is 12.9. The Morgan fingerprint density at radius 1 is 0.918 bits per heavy atom. The third-order valence-corrected chi connectivity index (χ3v) is 8.00. The summed E-state index contributed by atoms with van der Waals surface area (Å²) in [7, 11) is 0. The molecule has 1 fully saturated rings. The predicted molar refractivity (Wildman–Crippen MR) is 166 cm³/mol. The zero-order chi connectivity index (χ0) is 36.2. The van der Waals surface area contributed by atoms with Crippen LogP contribution in [0.2, 0.25) is 0 Å². The van der Waals surface area contributed by atoms with E-state index in [1.54, 1.807) is 81.4 Å². The highest BCUT2D eigenvalue weighted by atomic mass is 19.4. The Labute approximate surface area is 280 Å². The molecule has 0 radical (unpaired) electrons. The lowest BCUT2D eigenvalue weighted by Crippen LogP contribution is -2.66. The number of aliphatic hydroxyl groups excluding tert-OH is 1. The lowest BCUT2D eigenvalue weighted by molar-refractivity contribution is -0.143. The number of ether oxygens (including phenoxy) is 3. The van der Waals surface area contributed by atoms with Crippen molar-refractivity contribution in [3.05, 3.63) is 107 Å². The van der Waals surface area contributed by atoms with Crippen LogP contribution in [-0.2, 0) is 38.7 Å². The first-order valence-electron chi connectivity index (χ1n) is 15.4.